The summed E-state index contributed by atoms with van der Waals surface area (Å²) in [6.07, 6.45) is 1.31. The Morgan fingerprint density at radius 3 is 2.92 bits per heavy atom. The number of nitrogens with zero attached hydrogens (tertiary/aromatic N) is 2. The van der Waals surface area contributed by atoms with Crippen molar-refractivity contribution in [2.45, 2.75) is 18.1 Å². The van der Waals surface area contributed by atoms with E-state index in [0.717, 1.165) is 16.7 Å². The fraction of sp³-hybridized carbons (Fsp3) is 0.333. The van der Waals surface area contributed by atoms with E-state index in [1.807, 2.05) is 0 Å². The number of carbonyl (C=O) groups excluding carboxylic acids is 2. The molecule has 8 nitrogen and oxygen atoms in total. The van der Waals surface area contributed by atoms with Crippen LogP contribution < -0.4 is 0 Å². The molecule has 138 valence electrons. The predicted octanol–water partition coefficient (Wildman–Crippen LogP) is 1.75. The van der Waals surface area contributed by atoms with Crippen LogP contribution in [0.3, 0.4) is 0 Å². The van der Waals surface area contributed by atoms with Gasteiger partial charge in [0.2, 0.25) is 0 Å². The van der Waals surface area contributed by atoms with Crippen molar-refractivity contribution < 1.29 is 33.0 Å². The van der Waals surface area contributed by atoms with Crippen LogP contribution >= 0.6 is 23.4 Å². The highest BCUT2D eigenvalue weighted by Crippen LogP contribution is 2.49. The maximum absolute atomic E-state index is 15.1. The second kappa shape index (κ2) is 6.76. The van der Waals surface area contributed by atoms with Gasteiger partial charge in [-0.15, -0.1) is 11.8 Å². The zero-order chi connectivity index (χ0) is 19.1. The van der Waals surface area contributed by atoms with Gasteiger partial charge in [0.1, 0.15) is 17.7 Å². The summed E-state index contributed by atoms with van der Waals surface area (Å²) in [5.41, 5.74) is -0.206. The lowest BCUT2D eigenvalue weighted by atomic mass is 10.0. The number of furan rings is 1. The van der Waals surface area contributed by atoms with E-state index in [0.29, 0.717) is 0 Å². The molecule has 1 unspecified atom stereocenters. The zero-order valence-electron chi connectivity index (χ0n) is 13.3. The molecule has 0 spiro atoms. The summed E-state index contributed by atoms with van der Waals surface area (Å²) in [7, 11) is 0. The minimum Gasteiger partial charge on any atom is -0.477 e. The van der Waals surface area contributed by atoms with Crippen molar-refractivity contribution >= 4 is 46.4 Å². The molecular weight excluding hydrogens is 391 g/mol. The fourth-order valence-electron chi connectivity index (χ4n) is 2.56. The van der Waals surface area contributed by atoms with E-state index >= 15 is 4.39 Å². The summed E-state index contributed by atoms with van der Waals surface area (Å²) >= 11 is 6.87. The minimum atomic E-state index is -2.71. The Bertz CT molecular complexity index is 839. The molecular formula is C15H12ClFN2O6S. The monoisotopic (exact) mass is 402 g/mol. The van der Waals surface area contributed by atoms with Crippen molar-refractivity contribution in [3.05, 3.63) is 35.4 Å². The van der Waals surface area contributed by atoms with Crippen LogP contribution in [0.4, 0.5) is 4.39 Å². The largest absolute Gasteiger partial charge is 0.477 e. The average Bonchev–Trinajstić information content (AvgIpc) is 3.13. The molecule has 0 radical (unpaired) electrons. The average molecular weight is 403 g/mol. The van der Waals surface area contributed by atoms with Gasteiger partial charge in [-0.1, -0.05) is 11.6 Å². The van der Waals surface area contributed by atoms with Crippen molar-refractivity contribution in [3.8, 4) is 0 Å². The third-order valence-electron chi connectivity index (χ3n) is 3.71. The second-order valence-corrected chi connectivity index (χ2v) is 6.86. The maximum atomic E-state index is 15.1. The van der Waals surface area contributed by atoms with Gasteiger partial charge in [0.15, 0.2) is 10.9 Å². The van der Waals surface area contributed by atoms with Crippen LogP contribution in [0.25, 0.3) is 0 Å². The highest BCUT2D eigenvalue weighted by atomic mass is 35.5. The molecule has 3 heterocycles. The predicted molar refractivity (Wildman–Crippen MR) is 89.3 cm³/mol. The highest BCUT2D eigenvalue weighted by molar-refractivity contribution is 8.00. The summed E-state index contributed by atoms with van der Waals surface area (Å²) in [5, 5.41) is 7.89. The number of aliphatic imine (C=N–C) groups is 1. The Morgan fingerprint density at radius 2 is 2.35 bits per heavy atom. The minimum absolute atomic E-state index is 0.0585. The molecule has 1 aromatic heterocycles. The number of hydrogen-bond donors (Lipinski definition) is 1. The van der Waals surface area contributed by atoms with Crippen LogP contribution in [0.2, 0.25) is 0 Å². The first-order chi connectivity index (χ1) is 12.3. The van der Waals surface area contributed by atoms with Gasteiger partial charge in [0, 0.05) is 18.2 Å². The van der Waals surface area contributed by atoms with Gasteiger partial charge in [0.05, 0.1) is 6.26 Å². The highest BCUT2D eigenvalue weighted by Gasteiger charge is 2.66. The number of carbonyl (C=O) groups is 3. The van der Waals surface area contributed by atoms with Gasteiger partial charge in [-0.3, -0.25) is 14.5 Å². The van der Waals surface area contributed by atoms with E-state index < -0.39 is 34.7 Å². The van der Waals surface area contributed by atoms with Gasteiger partial charge >= 0.3 is 17.7 Å². The van der Waals surface area contributed by atoms with Gasteiger partial charge < -0.3 is 14.3 Å². The molecule has 0 bridgehead atoms. The number of fused-ring (bicyclic) bond motifs is 1. The van der Waals surface area contributed by atoms with Crippen LogP contribution in [-0.2, 0) is 19.1 Å². The normalized spacial score (nSPS) is 25.7. The number of hydrogen-bond acceptors (Lipinski definition) is 7. The van der Waals surface area contributed by atoms with E-state index in [1.54, 1.807) is 0 Å². The lowest BCUT2D eigenvalue weighted by Crippen LogP contribution is -2.71. The SMILES string of the molecule is CC(=O)OCC1=C(C(=O)O)N2C(=O)C(F)(N=C(Cl)c3ccco3)[C@H]2SC1. The van der Waals surface area contributed by atoms with Crippen LogP contribution in [-0.4, -0.2) is 56.5 Å². The molecule has 26 heavy (non-hydrogen) atoms. The molecule has 1 saturated heterocycles. The molecule has 3 rings (SSSR count). The smallest absolute Gasteiger partial charge is 0.352 e. The molecule has 1 fully saturated rings. The first-order valence-electron chi connectivity index (χ1n) is 7.27. The molecule has 0 saturated carbocycles. The van der Waals surface area contributed by atoms with Gasteiger partial charge in [-0.25, -0.2) is 14.2 Å². The number of alkyl halides is 1. The molecule has 1 amide bonds. The summed E-state index contributed by atoms with van der Waals surface area (Å²) in [4.78, 5) is 39.3. The van der Waals surface area contributed by atoms with Crippen LogP contribution in [0.15, 0.2) is 39.1 Å². The van der Waals surface area contributed by atoms with E-state index in [9.17, 15) is 19.5 Å². The van der Waals surface area contributed by atoms with Gasteiger partial charge in [-0.05, 0) is 12.1 Å². The Balaban J connectivity index is 1.90. The molecule has 0 aliphatic carbocycles. The van der Waals surface area contributed by atoms with E-state index in [-0.39, 0.29) is 28.9 Å². The topological polar surface area (TPSA) is 109 Å². The van der Waals surface area contributed by atoms with Gasteiger partial charge in [-0.2, -0.15) is 0 Å². The van der Waals surface area contributed by atoms with Crippen molar-refractivity contribution in [2.75, 3.05) is 12.4 Å². The third-order valence-corrected chi connectivity index (χ3v) is 5.33. The number of aliphatic carboxylic acids is 1. The van der Waals surface area contributed by atoms with Crippen molar-refractivity contribution in [2.24, 2.45) is 4.99 Å². The lowest BCUT2D eigenvalue weighted by Gasteiger charge is -2.50. The van der Waals surface area contributed by atoms with Crippen LogP contribution in [0.1, 0.15) is 12.7 Å². The second-order valence-electron chi connectivity index (χ2n) is 5.43. The molecule has 0 aromatic carbocycles. The number of thioether (sulfide) groups is 1. The summed E-state index contributed by atoms with van der Waals surface area (Å²) in [5.74, 6) is -5.74. The number of rotatable bonds is 5. The molecule has 2 aliphatic rings. The first kappa shape index (κ1) is 18.5. The first-order valence-corrected chi connectivity index (χ1v) is 8.70. The van der Waals surface area contributed by atoms with E-state index in [2.05, 4.69) is 4.99 Å². The van der Waals surface area contributed by atoms with Crippen molar-refractivity contribution in [1.82, 2.24) is 4.90 Å². The number of ether oxygens (including phenoxy) is 1. The fourth-order valence-corrected chi connectivity index (χ4v) is 4.09. The Hall–Kier alpha value is -2.33. The third kappa shape index (κ3) is 2.99. The molecule has 2 atom stereocenters. The summed E-state index contributed by atoms with van der Waals surface area (Å²) < 4.78 is 24.9. The van der Waals surface area contributed by atoms with E-state index in [4.69, 9.17) is 20.8 Å². The number of halogens is 2. The Labute approximate surface area is 155 Å². The summed E-state index contributed by atoms with van der Waals surface area (Å²) in [6, 6.07) is 2.97. The molecule has 1 N–H and O–H groups in total. The maximum Gasteiger partial charge on any atom is 0.352 e. The number of esters is 1. The van der Waals surface area contributed by atoms with Crippen molar-refractivity contribution in [3.63, 3.8) is 0 Å². The Kier molecular flexibility index (Phi) is 4.80. The zero-order valence-corrected chi connectivity index (χ0v) is 14.8. The molecule has 11 heteroatoms. The standard InChI is InChI=1S/C15H12ClFN2O6S/c1-7(20)25-5-8-6-26-14-15(17,13(23)19(14)10(8)12(21)22)18-11(16)9-3-2-4-24-9/h2-4,14H,5-6H2,1H3,(H,21,22)/t14-,15?/m1/s1. The lowest BCUT2D eigenvalue weighted by molar-refractivity contribution is -0.165. The molecule has 1 aromatic rings. The number of carboxylic acids is 1. The number of amides is 1. The van der Waals surface area contributed by atoms with Crippen LogP contribution in [0, 0.1) is 0 Å². The summed E-state index contributed by atoms with van der Waals surface area (Å²) in [6.45, 7) is 0.878. The van der Waals surface area contributed by atoms with Crippen LogP contribution in [0.5, 0.6) is 0 Å². The number of β-lactam (4-membered cyclic amide) rings is 1. The number of carboxylic acid groups (broad SMARTS) is 1. The quantitative estimate of drug-likeness (QED) is 0.346. The Morgan fingerprint density at radius 1 is 1.62 bits per heavy atom. The van der Waals surface area contributed by atoms with E-state index in [1.165, 1.54) is 25.3 Å². The van der Waals surface area contributed by atoms with Gasteiger partial charge in [0.25, 0.3) is 5.91 Å². The molecule has 2 aliphatic heterocycles. The van der Waals surface area contributed by atoms with Crippen molar-refractivity contribution in [1.29, 1.82) is 0 Å².